The van der Waals surface area contributed by atoms with Crippen molar-refractivity contribution in [1.82, 2.24) is 24.0 Å². The molecule has 5 rings (SSSR count). The monoisotopic (exact) mass is 533 g/mol. The van der Waals surface area contributed by atoms with Gasteiger partial charge in [0.2, 0.25) is 0 Å². The smallest absolute Gasteiger partial charge is 0.410 e. The third-order valence-corrected chi connectivity index (χ3v) is 7.20. The molecule has 2 atom stereocenters. The molecule has 1 fully saturated rings. The third-order valence-electron chi connectivity index (χ3n) is 6.92. The van der Waals surface area contributed by atoms with Crippen LogP contribution in [0.1, 0.15) is 50.2 Å². The number of hydrogen-bond donors (Lipinski definition) is 0. The fraction of sp³-hybridized carbons (Fsp3) is 0.414. The molecule has 0 N–H and O–H groups in total. The third kappa shape index (κ3) is 4.96. The van der Waals surface area contributed by atoms with E-state index in [-0.39, 0.29) is 18.2 Å². The van der Waals surface area contributed by atoms with E-state index in [0.29, 0.717) is 18.3 Å². The van der Waals surface area contributed by atoms with Crippen LogP contribution in [0.3, 0.4) is 0 Å². The van der Waals surface area contributed by atoms with Crippen LogP contribution in [0.15, 0.2) is 36.7 Å². The molecule has 3 aromatic heterocycles. The lowest BCUT2D eigenvalue weighted by Crippen LogP contribution is -2.41. The molecule has 0 aliphatic carbocycles. The number of amides is 1. The first-order chi connectivity index (χ1) is 18.1. The van der Waals surface area contributed by atoms with Gasteiger partial charge in [0.25, 0.3) is 0 Å². The highest BCUT2D eigenvalue weighted by Crippen LogP contribution is 2.35. The Bertz CT molecular complexity index is 1590. The molecule has 38 heavy (non-hydrogen) atoms. The maximum absolute atomic E-state index is 13.0. The van der Waals surface area contributed by atoms with E-state index >= 15 is 0 Å². The van der Waals surface area contributed by atoms with Gasteiger partial charge < -0.3 is 23.5 Å². The summed E-state index contributed by atoms with van der Waals surface area (Å²) >= 11 is 6.58. The second-order valence-corrected chi connectivity index (χ2v) is 11.1. The van der Waals surface area contributed by atoms with Crippen LogP contribution in [0.2, 0.25) is 5.15 Å². The van der Waals surface area contributed by atoms with Gasteiger partial charge in [0.05, 0.1) is 46.2 Å². The highest BCUT2D eigenvalue weighted by atomic mass is 35.5. The fourth-order valence-electron chi connectivity index (χ4n) is 5.09. The molecule has 1 aliphatic heterocycles. The van der Waals surface area contributed by atoms with Crippen molar-refractivity contribution >= 4 is 39.6 Å². The summed E-state index contributed by atoms with van der Waals surface area (Å²) in [6.45, 7) is 8.52. The Balaban J connectivity index is 1.51. The van der Waals surface area contributed by atoms with E-state index in [1.807, 2.05) is 65.2 Å². The van der Waals surface area contributed by atoms with Gasteiger partial charge in [-0.05, 0) is 58.4 Å². The Morgan fingerprint density at radius 3 is 2.74 bits per heavy atom. The minimum absolute atomic E-state index is 0.00651. The lowest BCUT2D eigenvalue weighted by molar-refractivity contribution is 0.0146. The number of carbonyl (C=O) groups is 1. The number of halogens is 1. The number of methoxy groups -OCH3 is 1. The van der Waals surface area contributed by atoms with Crippen molar-refractivity contribution in [2.75, 3.05) is 20.3 Å². The SMILES string of the molecule is COC[C@H]1C[C@H](n2cc(C#Cc3ccc4c(c3)nc(C)n4C)c3c(Cl)nccc32)CN1C(=O)OC(C)(C)C. The van der Waals surface area contributed by atoms with E-state index in [2.05, 4.69) is 30.9 Å². The van der Waals surface area contributed by atoms with Crippen LogP contribution in [0.5, 0.6) is 0 Å². The van der Waals surface area contributed by atoms with Crippen LogP contribution >= 0.6 is 11.6 Å². The predicted molar refractivity (Wildman–Crippen MR) is 148 cm³/mol. The standard InChI is InChI=1S/C29H32ClN5O3/c1-18-32-23-13-19(8-10-24(23)33(18)5)7-9-20-15-34(25-11-12-31-27(30)26(20)25)21-14-22(17-37-6)35(16-21)28(36)38-29(2,3)4/h8,10-13,15,21-22H,14,16-17H2,1-6H3/t21-,22+/m0/s1. The summed E-state index contributed by atoms with van der Waals surface area (Å²) in [7, 11) is 3.65. The lowest BCUT2D eigenvalue weighted by Gasteiger charge is -2.28. The van der Waals surface area contributed by atoms with E-state index in [1.54, 1.807) is 18.2 Å². The molecule has 1 aromatic carbocycles. The molecule has 9 heteroatoms. The minimum Gasteiger partial charge on any atom is -0.444 e. The number of rotatable bonds is 3. The number of fused-ring (bicyclic) bond motifs is 2. The molecule has 0 bridgehead atoms. The topological polar surface area (TPSA) is 74.4 Å². The predicted octanol–water partition coefficient (Wildman–Crippen LogP) is 5.48. The normalized spacial score (nSPS) is 17.7. The molecule has 0 spiro atoms. The van der Waals surface area contributed by atoms with Gasteiger partial charge in [0.15, 0.2) is 0 Å². The molecule has 0 unspecified atom stereocenters. The largest absolute Gasteiger partial charge is 0.444 e. The van der Waals surface area contributed by atoms with Crippen LogP contribution in [-0.4, -0.2) is 62.0 Å². The number of aromatic nitrogens is 4. The number of likely N-dealkylation sites (tertiary alicyclic amines) is 1. The van der Waals surface area contributed by atoms with Gasteiger partial charge in [-0.3, -0.25) is 0 Å². The molecule has 1 saturated heterocycles. The van der Waals surface area contributed by atoms with Gasteiger partial charge in [-0.15, -0.1) is 0 Å². The zero-order valence-corrected chi connectivity index (χ0v) is 23.3. The van der Waals surface area contributed by atoms with E-state index < -0.39 is 5.60 Å². The first-order valence-electron chi connectivity index (χ1n) is 12.6. The van der Waals surface area contributed by atoms with E-state index in [0.717, 1.165) is 45.3 Å². The Morgan fingerprint density at radius 1 is 1.21 bits per heavy atom. The molecular weight excluding hydrogens is 502 g/mol. The number of nitrogens with zero attached hydrogens (tertiary/aromatic N) is 5. The van der Waals surface area contributed by atoms with Crippen LogP contribution < -0.4 is 0 Å². The maximum atomic E-state index is 13.0. The van der Waals surface area contributed by atoms with Gasteiger partial charge in [0.1, 0.15) is 16.6 Å². The summed E-state index contributed by atoms with van der Waals surface area (Å²) < 4.78 is 15.3. The van der Waals surface area contributed by atoms with Crippen molar-refractivity contribution in [3.63, 3.8) is 0 Å². The molecule has 198 valence electrons. The molecular formula is C29H32ClN5O3. The van der Waals surface area contributed by atoms with Gasteiger partial charge in [-0.2, -0.15) is 0 Å². The Morgan fingerprint density at radius 2 is 2.00 bits per heavy atom. The van der Waals surface area contributed by atoms with Gasteiger partial charge in [-0.1, -0.05) is 23.4 Å². The Kier molecular flexibility index (Phi) is 6.84. The lowest BCUT2D eigenvalue weighted by atomic mass is 10.1. The van der Waals surface area contributed by atoms with Gasteiger partial charge in [0, 0.05) is 38.7 Å². The highest BCUT2D eigenvalue weighted by Gasteiger charge is 2.39. The van der Waals surface area contributed by atoms with Crippen LogP contribution in [0, 0.1) is 18.8 Å². The first-order valence-corrected chi connectivity index (χ1v) is 13.0. The number of pyridine rings is 1. The number of benzene rings is 1. The van der Waals surface area contributed by atoms with Crippen molar-refractivity contribution in [2.24, 2.45) is 7.05 Å². The number of hydrogen-bond acceptors (Lipinski definition) is 5. The van der Waals surface area contributed by atoms with Crippen molar-refractivity contribution in [3.05, 3.63) is 58.8 Å². The van der Waals surface area contributed by atoms with Crippen molar-refractivity contribution in [2.45, 2.75) is 51.8 Å². The van der Waals surface area contributed by atoms with Crippen molar-refractivity contribution in [3.8, 4) is 11.8 Å². The fourth-order valence-corrected chi connectivity index (χ4v) is 5.34. The zero-order valence-electron chi connectivity index (χ0n) is 22.6. The van der Waals surface area contributed by atoms with Gasteiger partial charge >= 0.3 is 6.09 Å². The van der Waals surface area contributed by atoms with E-state index in [4.69, 9.17) is 21.1 Å². The van der Waals surface area contributed by atoms with Gasteiger partial charge in [-0.25, -0.2) is 14.8 Å². The molecule has 0 saturated carbocycles. The number of imidazole rings is 1. The maximum Gasteiger partial charge on any atom is 0.410 e. The Hall–Kier alpha value is -3.54. The second-order valence-electron chi connectivity index (χ2n) is 10.7. The quantitative estimate of drug-likeness (QED) is 0.257. The average Bonchev–Trinajstić information content (AvgIpc) is 3.51. The van der Waals surface area contributed by atoms with Crippen LogP contribution in [0.4, 0.5) is 4.79 Å². The Labute approximate surface area is 227 Å². The minimum atomic E-state index is -0.578. The summed E-state index contributed by atoms with van der Waals surface area (Å²) in [6, 6.07) is 7.89. The summed E-state index contributed by atoms with van der Waals surface area (Å²) in [5.74, 6) is 7.55. The summed E-state index contributed by atoms with van der Waals surface area (Å²) in [6.07, 6.45) is 4.10. The molecule has 8 nitrogen and oxygen atoms in total. The number of ether oxygens (including phenoxy) is 2. The zero-order chi connectivity index (χ0) is 27.2. The van der Waals surface area contributed by atoms with Crippen molar-refractivity contribution < 1.29 is 14.3 Å². The molecule has 4 aromatic rings. The molecule has 1 amide bonds. The molecule has 1 aliphatic rings. The molecule has 0 radical (unpaired) electrons. The first kappa shape index (κ1) is 26.1. The van der Waals surface area contributed by atoms with Crippen molar-refractivity contribution in [1.29, 1.82) is 0 Å². The molecule has 4 heterocycles. The summed E-state index contributed by atoms with van der Waals surface area (Å²) in [4.78, 5) is 23.7. The number of aryl methyl sites for hydroxylation is 2. The average molecular weight is 534 g/mol. The van der Waals surface area contributed by atoms with Crippen LogP contribution in [0.25, 0.3) is 21.9 Å². The highest BCUT2D eigenvalue weighted by molar-refractivity contribution is 6.34. The summed E-state index contributed by atoms with van der Waals surface area (Å²) in [5.41, 5.74) is 3.99. The van der Waals surface area contributed by atoms with Crippen LogP contribution in [-0.2, 0) is 16.5 Å². The number of carbonyl (C=O) groups excluding carboxylic acids is 1. The second kappa shape index (κ2) is 9.97. The van der Waals surface area contributed by atoms with E-state index in [9.17, 15) is 4.79 Å². The summed E-state index contributed by atoms with van der Waals surface area (Å²) in [5, 5.41) is 1.20. The van der Waals surface area contributed by atoms with E-state index in [1.165, 1.54) is 0 Å².